The Labute approximate surface area is 116 Å². The molecule has 4 nitrogen and oxygen atoms in total. The molecule has 98 valence electrons. The number of guanidine groups is 1. The van der Waals surface area contributed by atoms with Crippen molar-refractivity contribution >= 4 is 28.9 Å². The minimum atomic E-state index is -0.649. The molecule has 0 aromatic carbocycles. The van der Waals surface area contributed by atoms with Crippen LogP contribution in [0.25, 0.3) is 0 Å². The van der Waals surface area contributed by atoms with Gasteiger partial charge in [0.15, 0.2) is 5.96 Å². The second kappa shape index (κ2) is 7.98. The van der Waals surface area contributed by atoms with Gasteiger partial charge in [-0.3, -0.25) is 4.99 Å². The van der Waals surface area contributed by atoms with Crippen LogP contribution in [0.3, 0.4) is 0 Å². The molecule has 1 aromatic rings. The van der Waals surface area contributed by atoms with Crippen molar-refractivity contribution < 1.29 is 5.11 Å². The zero-order valence-corrected chi connectivity index (χ0v) is 11.7. The van der Waals surface area contributed by atoms with E-state index in [0.717, 1.165) is 11.4 Å². The van der Waals surface area contributed by atoms with Crippen LogP contribution in [-0.2, 0) is 0 Å². The number of aliphatic hydroxyl groups is 1. The number of hydrogen-bond acceptors (Lipinski definition) is 3. The van der Waals surface area contributed by atoms with Gasteiger partial charge in [-0.2, -0.15) is 0 Å². The van der Waals surface area contributed by atoms with E-state index in [1.165, 1.54) is 11.3 Å². The topological polar surface area (TPSA) is 56.7 Å². The Kier molecular flexibility index (Phi) is 6.58. The monoisotopic (exact) mass is 285 g/mol. The fourth-order valence-electron chi connectivity index (χ4n) is 1.25. The summed E-state index contributed by atoms with van der Waals surface area (Å²) in [5.74, 6) is 3.06. The van der Waals surface area contributed by atoms with Crippen LogP contribution < -0.4 is 10.6 Å². The molecule has 1 rings (SSSR count). The number of nitrogens with zero attached hydrogens (tertiary/aromatic N) is 1. The molecule has 0 spiro atoms. The molecule has 0 saturated heterocycles. The zero-order chi connectivity index (χ0) is 13.4. The van der Waals surface area contributed by atoms with Crippen LogP contribution in [0.5, 0.6) is 0 Å². The normalized spacial score (nSPS) is 12.9. The minimum absolute atomic E-state index is 0.261. The first-order valence-corrected chi connectivity index (χ1v) is 6.75. The van der Waals surface area contributed by atoms with Crippen LogP contribution >= 0.6 is 22.9 Å². The highest BCUT2D eigenvalue weighted by atomic mass is 35.5. The molecule has 0 bridgehead atoms. The molecule has 0 saturated carbocycles. The largest absolute Gasteiger partial charge is 0.386 e. The minimum Gasteiger partial charge on any atom is -0.386 e. The summed E-state index contributed by atoms with van der Waals surface area (Å²) >= 11 is 7.16. The number of thiophene rings is 1. The van der Waals surface area contributed by atoms with Crippen LogP contribution in [0, 0.1) is 12.3 Å². The maximum atomic E-state index is 9.93. The first-order valence-electron chi connectivity index (χ1n) is 5.56. The van der Waals surface area contributed by atoms with Gasteiger partial charge in [0.05, 0.1) is 17.4 Å². The third-order valence-corrected chi connectivity index (χ3v) is 3.38. The number of aliphatic imine (C=N–C) groups is 1. The van der Waals surface area contributed by atoms with Crippen LogP contribution in [0.4, 0.5) is 0 Å². The number of hydrogen-bond donors (Lipinski definition) is 3. The third kappa shape index (κ3) is 4.96. The number of nitrogens with one attached hydrogen (secondary N) is 2. The number of aliphatic hydroxyl groups excluding tert-OH is 1. The summed E-state index contributed by atoms with van der Waals surface area (Å²) in [6, 6.07) is 3.56. The van der Waals surface area contributed by atoms with Crippen molar-refractivity contribution in [3.05, 3.63) is 21.3 Å². The van der Waals surface area contributed by atoms with Crippen molar-refractivity contribution in [2.24, 2.45) is 4.99 Å². The number of rotatable bonds is 5. The Morgan fingerprint density at radius 2 is 2.39 bits per heavy atom. The smallest absolute Gasteiger partial charge is 0.192 e. The Morgan fingerprint density at radius 1 is 1.61 bits per heavy atom. The fourth-order valence-corrected chi connectivity index (χ4v) is 2.29. The maximum absolute atomic E-state index is 9.93. The number of halogens is 1. The fraction of sp³-hybridized carbons (Fsp3) is 0.417. The summed E-state index contributed by atoms with van der Waals surface area (Å²) in [6.45, 7) is 3.35. The lowest BCUT2D eigenvalue weighted by Gasteiger charge is -2.10. The van der Waals surface area contributed by atoms with Gasteiger partial charge in [0.25, 0.3) is 0 Å². The Bertz CT molecular complexity index is 439. The van der Waals surface area contributed by atoms with Crippen molar-refractivity contribution in [1.29, 1.82) is 0 Å². The van der Waals surface area contributed by atoms with Crippen molar-refractivity contribution in [2.45, 2.75) is 13.0 Å². The average Bonchev–Trinajstić information content (AvgIpc) is 2.79. The van der Waals surface area contributed by atoms with E-state index in [0.29, 0.717) is 16.8 Å². The van der Waals surface area contributed by atoms with E-state index in [9.17, 15) is 5.11 Å². The first-order chi connectivity index (χ1) is 8.67. The second-order valence-electron chi connectivity index (χ2n) is 3.43. The van der Waals surface area contributed by atoms with E-state index >= 15 is 0 Å². The molecule has 0 aliphatic rings. The van der Waals surface area contributed by atoms with Gasteiger partial charge in [0, 0.05) is 11.4 Å². The van der Waals surface area contributed by atoms with Gasteiger partial charge >= 0.3 is 0 Å². The molecular formula is C12H16ClN3OS. The summed E-state index contributed by atoms with van der Waals surface area (Å²) in [6.07, 6.45) is 4.52. The molecule has 0 radical (unpaired) electrons. The molecule has 3 N–H and O–H groups in total. The molecular weight excluding hydrogens is 270 g/mol. The van der Waals surface area contributed by atoms with E-state index in [1.807, 2.05) is 6.92 Å². The van der Waals surface area contributed by atoms with E-state index in [-0.39, 0.29) is 6.54 Å². The van der Waals surface area contributed by atoms with E-state index in [2.05, 4.69) is 21.5 Å². The van der Waals surface area contributed by atoms with Gasteiger partial charge in [-0.15, -0.1) is 17.8 Å². The standard InChI is InChI=1S/C12H16ClN3OS/c1-3-7-15-12(14-4-2)16-8-9(17)10-5-6-11(13)18-10/h1,5-6,9,17H,4,7-8H2,2H3,(H2,14,15,16). The maximum Gasteiger partial charge on any atom is 0.192 e. The molecule has 0 amide bonds. The lowest BCUT2D eigenvalue weighted by Crippen LogP contribution is -2.37. The molecule has 0 fully saturated rings. The van der Waals surface area contributed by atoms with Crippen LogP contribution in [0.15, 0.2) is 17.1 Å². The molecule has 18 heavy (non-hydrogen) atoms. The van der Waals surface area contributed by atoms with Gasteiger partial charge in [-0.1, -0.05) is 17.5 Å². The van der Waals surface area contributed by atoms with Crippen molar-refractivity contribution in [1.82, 2.24) is 10.6 Å². The predicted molar refractivity (Wildman–Crippen MR) is 77.1 cm³/mol. The molecule has 6 heteroatoms. The van der Waals surface area contributed by atoms with E-state index < -0.39 is 6.10 Å². The summed E-state index contributed by atoms with van der Waals surface area (Å²) < 4.78 is 0.658. The molecule has 1 atom stereocenters. The highest BCUT2D eigenvalue weighted by molar-refractivity contribution is 7.16. The predicted octanol–water partition coefficient (Wildman–Crippen LogP) is 1.62. The van der Waals surface area contributed by atoms with Crippen LogP contribution in [0.2, 0.25) is 4.34 Å². The Hall–Kier alpha value is -1.22. The van der Waals surface area contributed by atoms with E-state index in [4.69, 9.17) is 18.0 Å². The van der Waals surface area contributed by atoms with Gasteiger partial charge in [0.2, 0.25) is 0 Å². The van der Waals surface area contributed by atoms with Crippen molar-refractivity contribution in [2.75, 3.05) is 19.6 Å². The number of terminal acetylenes is 1. The second-order valence-corrected chi connectivity index (χ2v) is 5.18. The van der Waals surface area contributed by atoms with Crippen LogP contribution in [0.1, 0.15) is 17.9 Å². The summed E-state index contributed by atoms with van der Waals surface area (Å²) in [4.78, 5) is 5.05. The highest BCUT2D eigenvalue weighted by Gasteiger charge is 2.09. The summed E-state index contributed by atoms with van der Waals surface area (Å²) in [5, 5.41) is 15.9. The van der Waals surface area contributed by atoms with Gasteiger partial charge in [-0.25, -0.2) is 0 Å². The van der Waals surface area contributed by atoms with E-state index in [1.54, 1.807) is 12.1 Å². The lowest BCUT2D eigenvalue weighted by atomic mass is 10.3. The molecule has 1 aromatic heterocycles. The SMILES string of the molecule is C#CCNC(=NCC(O)c1ccc(Cl)s1)NCC. The summed E-state index contributed by atoms with van der Waals surface area (Å²) in [5.41, 5.74) is 0. The molecule has 0 aliphatic heterocycles. The Morgan fingerprint density at radius 3 is 2.94 bits per heavy atom. The highest BCUT2D eigenvalue weighted by Crippen LogP contribution is 2.26. The summed E-state index contributed by atoms with van der Waals surface area (Å²) in [7, 11) is 0. The van der Waals surface area contributed by atoms with Crippen LogP contribution in [-0.4, -0.2) is 30.7 Å². The van der Waals surface area contributed by atoms with Gasteiger partial charge < -0.3 is 15.7 Å². The lowest BCUT2D eigenvalue weighted by molar-refractivity contribution is 0.191. The Balaban J connectivity index is 2.55. The van der Waals surface area contributed by atoms with Crippen molar-refractivity contribution in [3.8, 4) is 12.3 Å². The molecule has 1 heterocycles. The molecule has 1 unspecified atom stereocenters. The third-order valence-electron chi connectivity index (χ3n) is 2.05. The van der Waals surface area contributed by atoms with Gasteiger partial charge in [0.1, 0.15) is 6.10 Å². The average molecular weight is 286 g/mol. The zero-order valence-electron chi connectivity index (χ0n) is 10.1. The quantitative estimate of drug-likeness (QED) is 0.438. The first kappa shape index (κ1) is 14.8. The van der Waals surface area contributed by atoms with Crippen molar-refractivity contribution in [3.63, 3.8) is 0 Å². The molecule has 0 aliphatic carbocycles. The van der Waals surface area contributed by atoms with Gasteiger partial charge in [-0.05, 0) is 19.1 Å².